The molecule has 1 aliphatic heterocycles. The Balaban J connectivity index is 1.77. The molecule has 0 saturated carbocycles. The Bertz CT molecular complexity index is 539. The van der Waals surface area contributed by atoms with Gasteiger partial charge >= 0.3 is 0 Å². The van der Waals surface area contributed by atoms with Crippen LogP contribution in [0, 0.1) is 5.82 Å². The summed E-state index contributed by atoms with van der Waals surface area (Å²) in [6, 6.07) is 6.58. The maximum Gasteiger partial charge on any atom is 0.123 e. The SMILES string of the molecule is Fc1ccc(-c2[nH]ncc2CN2CCCCCC2)cc1. The zero-order valence-electron chi connectivity index (χ0n) is 11.6. The summed E-state index contributed by atoms with van der Waals surface area (Å²) in [5, 5.41) is 7.21. The van der Waals surface area contributed by atoms with E-state index in [1.807, 2.05) is 6.20 Å². The van der Waals surface area contributed by atoms with Crippen LogP contribution in [0.25, 0.3) is 11.3 Å². The average Bonchev–Trinajstić information content (AvgIpc) is 2.75. The third-order valence-corrected chi connectivity index (χ3v) is 3.94. The van der Waals surface area contributed by atoms with Crippen LogP contribution in [0.15, 0.2) is 30.5 Å². The van der Waals surface area contributed by atoms with Gasteiger partial charge in [-0.3, -0.25) is 10.00 Å². The largest absolute Gasteiger partial charge is 0.299 e. The number of benzene rings is 1. The molecule has 3 rings (SSSR count). The average molecular weight is 273 g/mol. The molecule has 2 aromatic rings. The van der Waals surface area contributed by atoms with Gasteiger partial charge in [0.25, 0.3) is 0 Å². The molecule has 1 aromatic heterocycles. The third kappa shape index (κ3) is 3.07. The summed E-state index contributed by atoms with van der Waals surface area (Å²) in [6.45, 7) is 3.24. The van der Waals surface area contributed by atoms with Crippen LogP contribution in [0.5, 0.6) is 0 Å². The quantitative estimate of drug-likeness (QED) is 0.926. The lowest BCUT2D eigenvalue weighted by molar-refractivity contribution is 0.277. The number of halogens is 1. The number of likely N-dealkylation sites (tertiary alicyclic amines) is 1. The van der Waals surface area contributed by atoms with Gasteiger partial charge in [-0.15, -0.1) is 0 Å². The molecule has 0 atom stereocenters. The van der Waals surface area contributed by atoms with Crippen LogP contribution >= 0.6 is 0 Å². The van der Waals surface area contributed by atoms with E-state index in [1.54, 1.807) is 12.1 Å². The van der Waals surface area contributed by atoms with Crippen LogP contribution in [-0.2, 0) is 6.54 Å². The normalized spacial score (nSPS) is 17.1. The second kappa shape index (κ2) is 6.18. The van der Waals surface area contributed by atoms with Gasteiger partial charge in [0.1, 0.15) is 5.82 Å². The fourth-order valence-electron chi connectivity index (χ4n) is 2.83. The highest BCUT2D eigenvalue weighted by Crippen LogP contribution is 2.23. The van der Waals surface area contributed by atoms with Gasteiger partial charge in [0, 0.05) is 17.7 Å². The number of hydrogen-bond acceptors (Lipinski definition) is 2. The summed E-state index contributed by atoms with van der Waals surface area (Å²) in [5.74, 6) is -0.206. The van der Waals surface area contributed by atoms with E-state index in [-0.39, 0.29) is 5.82 Å². The van der Waals surface area contributed by atoms with Crippen molar-refractivity contribution in [2.45, 2.75) is 32.2 Å². The Kier molecular flexibility index (Phi) is 4.11. The van der Waals surface area contributed by atoms with Crippen molar-refractivity contribution in [3.8, 4) is 11.3 Å². The van der Waals surface area contributed by atoms with Gasteiger partial charge < -0.3 is 0 Å². The summed E-state index contributed by atoms with van der Waals surface area (Å²) in [7, 11) is 0. The van der Waals surface area contributed by atoms with Crippen molar-refractivity contribution < 1.29 is 4.39 Å². The van der Waals surface area contributed by atoms with Crippen LogP contribution in [0.4, 0.5) is 4.39 Å². The molecule has 0 amide bonds. The molecule has 3 nitrogen and oxygen atoms in total. The second-order valence-corrected chi connectivity index (χ2v) is 5.47. The van der Waals surface area contributed by atoms with Gasteiger partial charge in [-0.1, -0.05) is 12.8 Å². The van der Waals surface area contributed by atoms with E-state index >= 15 is 0 Å². The Hall–Kier alpha value is -1.68. The number of aromatic amines is 1. The zero-order valence-corrected chi connectivity index (χ0v) is 11.6. The summed E-state index contributed by atoms with van der Waals surface area (Å²) in [4.78, 5) is 2.49. The first kappa shape index (κ1) is 13.3. The van der Waals surface area contributed by atoms with Gasteiger partial charge in [-0.2, -0.15) is 5.10 Å². The predicted molar refractivity (Wildman–Crippen MR) is 77.7 cm³/mol. The second-order valence-electron chi connectivity index (χ2n) is 5.47. The molecule has 0 spiro atoms. The Morgan fingerprint density at radius 3 is 2.45 bits per heavy atom. The van der Waals surface area contributed by atoms with Crippen molar-refractivity contribution in [3.63, 3.8) is 0 Å². The monoisotopic (exact) mass is 273 g/mol. The first-order valence-electron chi connectivity index (χ1n) is 7.33. The molecular formula is C16H20FN3. The third-order valence-electron chi connectivity index (χ3n) is 3.94. The van der Waals surface area contributed by atoms with Crippen molar-refractivity contribution in [2.24, 2.45) is 0 Å². The molecule has 4 heteroatoms. The van der Waals surface area contributed by atoms with Crippen molar-refractivity contribution in [3.05, 3.63) is 41.8 Å². The summed E-state index contributed by atoms with van der Waals surface area (Å²) in [5.41, 5.74) is 3.20. The van der Waals surface area contributed by atoms with Crippen molar-refractivity contribution in [1.29, 1.82) is 0 Å². The maximum absolute atomic E-state index is 13.0. The van der Waals surface area contributed by atoms with E-state index in [9.17, 15) is 4.39 Å². The van der Waals surface area contributed by atoms with Gasteiger partial charge in [0.2, 0.25) is 0 Å². The highest BCUT2D eigenvalue weighted by Gasteiger charge is 2.14. The maximum atomic E-state index is 13.0. The van der Waals surface area contributed by atoms with Gasteiger partial charge in [-0.25, -0.2) is 4.39 Å². The van der Waals surface area contributed by atoms with Crippen LogP contribution in [0.3, 0.4) is 0 Å². The van der Waals surface area contributed by atoms with Crippen LogP contribution in [-0.4, -0.2) is 28.2 Å². The Morgan fingerprint density at radius 2 is 1.75 bits per heavy atom. The van der Waals surface area contributed by atoms with Crippen molar-refractivity contribution in [1.82, 2.24) is 15.1 Å². The number of nitrogens with one attached hydrogen (secondary N) is 1. The van der Waals surface area contributed by atoms with Crippen LogP contribution < -0.4 is 0 Å². The number of rotatable bonds is 3. The lowest BCUT2D eigenvalue weighted by Crippen LogP contribution is -2.24. The van der Waals surface area contributed by atoms with E-state index < -0.39 is 0 Å². The summed E-state index contributed by atoms with van der Waals surface area (Å²) >= 11 is 0. The predicted octanol–water partition coefficient (Wildman–Crippen LogP) is 3.59. The summed E-state index contributed by atoms with van der Waals surface area (Å²) < 4.78 is 13.0. The Morgan fingerprint density at radius 1 is 1.05 bits per heavy atom. The van der Waals surface area contributed by atoms with Crippen molar-refractivity contribution >= 4 is 0 Å². The fraction of sp³-hybridized carbons (Fsp3) is 0.438. The molecule has 20 heavy (non-hydrogen) atoms. The minimum Gasteiger partial charge on any atom is -0.299 e. The molecule has 106 valence electrons. The first-order valence-corrected chi connectivity index (χ1v) is 7.33. The number of H-pyrrole nitrogens is 1. The van der Waals surface area contributed by atoms with Crippen LogP contribution in [0.1, 0.15) is 31.2 Å². The van der Waals surface area contributed by atoms with Crippen LogP contribution in [0.2, 0.25) is 0 Å². The molecule has 1 fully saturated rings. The molecule has 0 unspecified atom stereocenters. The van der Waals surface area contributed by atoms with E-state index in [2.05, 4.69) is 15.1 Å². The standard InChI is InChI=1S/C16H20FN3/c17-15-7-5-13(6-8-15)16-14(11-18-19-16)12-20-9-3-1-2-4-10-20/h5-8,11H,1-4,9-10,12H2,(H,18,19). The molecular weight excluding hydrogens is 253 g/mol. The molecule has 1 N–H and O–H groups in total. The van der Waals surface area contributed by atoms with E-state index in [0.717, 1.165) is 30.9 Å². The minimum atomic E-state index is -0.206. The summed E-state index contributed by atoms with van der Waals surface area (Å²) in [6.07, 6.45) is 7.14. The Labute approximate surface area is 118 Å². The molecule has 1 aliphatic rings. The molecule has 0 radical (unpaired) electrons. The lowest BCUT2D eigenvalue weighted by atomic mass is 10.1. The van der Waals surface area contributed by atoms with Gasteiger partial charge in [0.05, 0.1) is 11.9 Å². The lowest BCUT2D eigenvalue weighted by Gasteiger charge is -2.19. The fourth-order valence-corrected chi connectivity index (χ4v) is 2.83. The van der Waals surface area contributed by atoms with Gasteiger partial charge in [-0.05, 0) is 50.2 Å². The number of hydrogen-bond donors (Lipinski definition) is 1. The number of aromatic nitrogens is 2. The molecule has 0 bridgehead atoms. The highest BCUT2D eigenvalue weighted by atomic mass is 19.1. The number of nitrogens with zero attached hydrogens (tertiary/aromatic N) is 2. The van der Waals surface area contributed by atoms with E-state index in [0.29, 0.717) is 0 Å². The first-order chi connectivity index (χ1) is 9.83. The minimum absolute atomic E-state index is 0.206. The van der Waals surface area contributed by atoms with Gasteiger partial charge in [0.15, 0.2) is 0 Å². The highest BCUT2D eigenvalue weighted by molar-refractivity contribution is 5.62. The van der Waals surface area contributed by atoms with Crippen molar-refractivity contribution in [2.75, 3.05) is 13.1 Å². The van der Waals surface area contributed by atoms with E-state index in [1.165, 1.54) is 43.4 Å². The molecule has 2 heterocycles. The van der Waals surface area contributed by atoms with E-state index in [4.69, 9.17) is 0 Å². The smallest absolute Gasteiger partial charge is 0.123 e. The zero-order chi connectivity index (χ0) is 13.8. The molecule has 1 saturated heterocycles. The molecule has 0 aliphatic carbocycles. The molecule has 1 aromatic carbocycles. The topological polar surface area (TPSA) is 31.9 Å².